The van der Waals surface area contributed by atoms with Crippen LogP contribution in [0, 0.1) is 0 Å². The Kier molecular flexibility index (Phi) is 13.8. The van der Waals surface area contributed by atoms with Gasteiger partial charge < -0.3 is 10.2 Å². The lowest BCUT2D eigenvalue weighted by Crippen LogP contribution is -2.35. The minimum absolute atomic E-state index is 0.663. The minimum atomic E-state index is 0.663. The first-order chi connectivity index (χ1) is 9.63. The van der Waals surface area contributed by atoms with Crippen LogP contribution in [-0.4, -0.2) is 36.6 Å². The van der Waals surface area contributed by atoms with E-state index >= 15 is 0 Å². The molecule has 2 heteroatoms. The maximum Gasteiger partial charge on any atom is 0.00416 e. The molecule has 0 bridgehead atoms. The summed E-state index contributed by atoms with van der Waals surface area (Å²) in [6, 6.07) is 1.34. The van der Waals surface area contributed by atoms with E-state index in [2.05, 4.69) is 44.8 Å². The number of unbranched alkanes of at least 4 members (excludes halogenated alkanes) is 4. The van der Waals surface area contributed by atoms with E-state index in [9.17, 15) is 0 Å². The number of rotatable bonds is 14. The van der Waals surface area contributed by atoms with E-state index in [1.165, 1.54) is 71.0 Å². The number of hydrogen-bond acceptors (Lipinski definition) is 2. The molecule has 0 aromatic carbocycles. The third-order valence-electron chi connectivity index (χ3n) is 4.32. The average Bonchev–Trinajstić information content (AvgIpc) is 2.43. The molecule has 0 amide bonds. The predicted octanol–water partition coefficient (Wildman–Crippen LogP) is 4.84. The normalized spacial score (nSPS) is 14.7. The monoisotopic (exact) mass is 284 g/mol. The van der Waals surface area contributed by atoms with Gasteiger partial charge in [-0.3, -0.25) is 0 Å². The molecule has 0 spiro atoms. The number of nitrogens with one attached hydrogen (secondary N) is 1. The van der Waals surface area contributed by atoms with Crippen molar-refractivity contribution in [2.45, 2.75) is 98.1 Å². The lowest BCUT2D eigenvalue weighted by Gasteiger charge is -2.22. The van der Waals surface area contributed by atoms with Gasteiger partial charge in [0, 0.05) is 12.1 Å². The molecule has 2 atom stereocenters. The molecule has 0 saturated carbocycles. The molecule has 0 radical (unpaired) electrons. The Labute approximate surface area is 128 Å². The van der Waals surface area contributed by atoms with Gasteiger partial charge in [-0.15, -0.1) is 0 Å². The Morgan fingerprint density at radius 1 is 0.750 bits per heavy atom. The molecule has 0 aliphatic heterocycles. The number of nitrogens with zero attached hydrogens (tertiary/aromatic N) is 1. The van der Waals surface area contributed by atoms with Crippen molar-refractivity contribution in [1.29, 1.82) is 0 Å². The summed E-state index contributed by atoms with van der Waals surface area (Å²) < 4.78 is 0. The topological polar surface area (TPSA) is 15.3 Å². The van der Waals surface area contributed by atoms with Gasteiger partial charge in [0.1, 0.15) is 0 Å². The Hall–Kier alpha value is -0.0800. The Balaban J connectivity index is 3.51. The van der Waals surface area contributed by atoms with E-state index in [0.29, 0.717) is 12.1 Å². The molecule has 0 aliphatic rings. The molecule has 122 valence electrons. The molecular formula is C18H40N2. The Bertz CT molecular complexity index is 190. The van der Waals surface area contributed by atoms with Crippen molar-refractivity contribution in [2.75, 3.05) is 19.6 Å². The molecule has 0 aromatic rings. The highest BCUT2D eigenvalue weighted by molar-refractivity contribution is 4.68. The molecule has 2 unspecified atom stereocenters. The Morgan fingerprint density at radius 2 is 1.30 bits per heavy atom. The summed E-state index contributed by atoms with van der Waals surface area (Å²) >= 11 is 0. The van der Waals surface area contributed by atoms with Crippen LogP contribution in [0.1, 0.15) is 86.0 Å². The highest BCUT2D eigenvalue weighted by Crippen LogP contribution is 2.08. The summed E-state index contributed by atoms with van der Waals surface area (Å²) in [5.41, 5.74) is 0. The van der Waals surface area contributed by atoms with Gasteiger partial charge in [-0.25, -0.2) is 0 Å². The van der Waals surface area contributed by atoms with Gasteiger partial charge in [-0.1, -0.05) is 52.9 Å². The maximum absolute atomic E-state index is 3.76. The lowest BCUT2D eigenvalue weighted by molar-refractivity contribution is 0.287. The maximum atomic E-state index is 3.76. The molecule has 1 N–H and O–H groups in total. The number of hydrogen-bond donors (Lipinski definition) is 1. The van der Waals surface area contributed by atoms with Crippen LogP contribution in [0.5, 0.6) is 0 Å². The third kappa shape index (κ3) is 11.7. The van der Waals surface area contributed by atoms with Gasteiger partial charge >= 0.3 is 0 Å². The first-order valence-corrected chi connectivity index (χ1v) is 9.12. The van der Waals surface area contributed by atoms with Gasteiger partial charge in [0.15, 0.2) is 0 Å². The van der Waals surface area contributed by atoms with Gasteiger partial charge in [0.2, 0.25) is 0 Å². The molecule has 0 saturated heterocycles. The van der Waals surface area contributed by atoms with Crippen LogP contribution in [0.4, 0.5) is 0 Å². The van der Waals surface area contributed by atoms with Crippen LogP contribution in [0.25, 0.3) is 0 Å². The minimum Gasteiger partial charge on any atom is -0.312 e. The molecule has 0 aliphatic carbocycles. The Morgan fingerprint density at radius 3 is 1.85 bits per heavy atom. The average molecular weight is 285 g/mol. The van der Waals surface area contributed by atoms with E-state index in [1.54, 1.807) is 0 Å². The molecule has 0 aromatic heterocycles. The van der Waals surface area contributed by atoms with Gasteiger partial charge in [-0.05, 0) is 52.7 Å². The fourth-order valence-electron chi connectivity index (χ4n) is 2.87. The fraction of sp³-hybridized carbons (Fsp3) is 1.00. The molecule has 0 rings (SSSR count). The van der Waals surface area contributed by atoms with Crippen molar-refractivity contribution < 1.29 is 0 Å². The molecule has 0 fully saturated rings. The van der Waals surface area contributed by atoms with Gasteiger partial charge in [0.05, 0.1) is 0 Å². The lowest BCUT2D eigenvalue weighted by atomic mass is 10.1. The SMILES string of the molecule is CCCCCCCC(C)NC(C)CCCN(CC)CC. The van der Waals surface area contributed by atoms with Crippen molar-refractivity contribution >= 4 is 0 Å². The van der Waals surface area contributed by atoms with Crippen LogP contribution in [0.15, 0.2) is 0 Å². The second-order valence-corrected chi connectivity index (χ2v) is 6.34. The highest BCUT2D eigenvalue weighted by atomic mass is 15.1. The highest BCUT2D eigenvalue weighted by Gasteiger charge is 2.08. The molecule has 20 heavy (non-hydrogen) atoms. The summed E-state index contributed by atoms with van der Waals surface area (Å²) in [6.07, 6.45) is 10.9. The first kappa shape index (κ1) is 19.9. The van der Waals surface area contributed by atoms with Crippen molar-refractivity contribution in [3.05, 3.63) is 0 Å². The fourth-order valence-corrected chi connectivity index (χ4v) is 2.87. The van der Waals surface area contributed by atoms with Crippen LogP contribution in [0.2, 0.25) is 0 Å². The second kappa shape index (κ2) is 13.9. The summed E-state index contributed by atoms with van der Waals surface area (Å²) in [7, 11) is 0. The van der Waals surface area contributed by atoms with Crippen molar-refractivity contribution in [3.8, 4) is 0 Å². The standard InChI is InChI=1S/C18H40N2/c1-6-9-10-11-12-14-17(4)19-18(5)15-13-16-20(7-2)8-3/h17-19H,6-16H2,1-5H3. The van der Waals surface area contributed by atoms with Crippen molar-refractivity contribution in [1.82, 2.24) is 10.2 Å². The largest absolute Gasteiger partial charge is 0.312 e. The van der Waals surface area contributed by atoms with Crippen LogP contribution < -0.4 is 5.32 Å². The zero-order chi connectivity index (χ0) is 15.2. The summed E-state index contributed by atoms with van der Waals surface area (Å²) in [5.74, 6) is 0. The molecule has 2 nitrogen and oxygen atoms in total. The summed E-state index contributed by atoms with van der Waals surface area (Å²) in [6.45, 7) is 15.1. The first-order valence-electron chi connectivity index (χ1n) is 9.12. The van der Waals surface area contributed by atoms with E-state index in [-0.39, 0.29) is 0 Å². The van der Waals surface area contributed by atoms with Gasteiger partial charge in [0.25, 0.3) is 0 Å². The summed E-state index contributed by atoms with van der Waals surface area (Å²) in [4.78, 5) is 2.52. The molecule has 0 heterocycles. The zero-order valence-corrected chi connectivity index (χ0v) is 14.9. The smallest absolute Gasteiger partial charge is 0.00416 e. The third-order valence-corrected chi connectivity index (χ3v) is 4.32. The van der Waals surface area contributed by atoms with Crippen LogP contribution >= 0.6 is 0 Å². The van der Waals surface area contributed by atoms with E-state index < -0.39 is 0 Å². The van der Waals surface area contributed by atoms with Gasteiger partial charge in [-0.2, -0.15) is 0 Å². The zero-order valence-electron chi connectivity index (χ0n) is 14.9. The van der Waals surface area contributed by atoms with Crippen LogP contribution in [0.3, 0.4) is 0 Å². The van der Waals surface area contributed by atoms with E-state index in [1.807, 2.05) is 0 Å². The van der Waals surface area contributed by atoms with Crippen molar-refractivity contribution in [3.63, 3.8) is 0 Å². The summed E-state index contributed by atoms with van der Waals surface area (Å²) in [5, 5.41) is 3.76. The molecular weight excluding hydrogens is 244 g/mol. The van der Waals surface area contributed by atoms with Crippen LogP contribution in [-0.2, 0) is 0 Å². The quantitative estimate of drug-likeness (QED) is 0.459. The second-order valence-electron chi connectivity index (χ2n) is 6.34. The van der Waals surface area contributed by atoms with E-state index in [0.717, 1.165) is 0 Å². The van der Waals surface area contributed by atoms with Crippen molar-refractivity contribution in [2.24, 2.45) is 0 Å². The van der Waals surface area contributed by atoms with E-state index in [4.69, 9.17) is 0 Å². The predicted molar refractivity (Wildman–Crippen MR) is 92.5 cm³/mol.